The standard InChI is InChI=1S/C20H34O5.C11H17NO3/c1-2-3-6-9-15(21)12-13-17-16(18(22)14-19(17)23)10-7-4-5-8-11-20(24)25;1-7(12)11(13)9-6-8(14-2)4-5-10(9)15-3/h4,7,12-13,15-19,21-23H,2-3,5-6,8-11,14H2,1H3,(H,24,25);4-7,11,13H,12H2,1-3H3/t15-,16+,17+,18-,19+;/m0./s1. The highest BCUT2D eigenvalue weighted by Gasteiger charge is 2.39. The van der Waals surface area contributed by atoms with E-state index in [4.69, 9.17) is 20.3 Å². The molecule has 0 bridgehead atoms. The molecule has 9 heteroatoms. The van der Waals surface area contributed by atoms with Crippen LogP contribution in [0.5, 0.6) is 11.5 Å². The zero-order valence-corrected chi connectivity index (χ0v) is 24.5. The Morgan fingerprint density at radius 2 is 1.82 bits per heavy atom. The van der Waals surface area contributed by atoms with E-state index >= 15 is 0 Å². The highest BCUT2D eigenvalue weighted by molar-refractivity contribution is 5.66. The van der Waals surface area contributed by atoms with Crippen LogP contribution in [0.3, 0.4) is 0 Å². The summed E-state index contributed by atoms with van der Waals surface area (Å²) in [7, 11) is 3.13. The quantitative estimate of drug-likeness (QED) is 0.128. The van der Waals surface area contributed by atoms with Crippen molar-refractivity contribution in [3.8, 4) is 11.5 Å². The van der Waals surface area contributed by atoms with Gasteiger partial charge in [0.05, 0.1) is 38.6 Å². The number of hydrogen-bond donors (Lipinski definition) is 6. The van der Waals surface area contributed by atoms with Crippen molar-refractivity contribution < 1.29 is 39.8 Å². The van der Waals surface area contributed by atoms with E-state index in [2.05, 4.69) is 6.92 Å². The molecular weight excluding hydrogens is 514 g/mol. The third kappa shape index (κ3) is 12.8. The van der Waals surface area contributed by atoms with Gasteiger partial charge in [-0.05, 0) is 56.7 Å². The number of unbranched alkanes of at least 4 members (excludes halogenated alkanes) is 3. The summed E-state index contributed by atoms with van der Waals surface area (Å²) in [6, 6.07) is 4.90. The number of rotatable bonds is 16. The SMILES string of the molecule is CCCCC[C@H](O)C=C[C@@H]1[C@@H](CC=CCCCC(=O)O)[C@@H](O)C[C@H]1O.COc1ccc(OC)c(C(O)C(C)N)c1. The number of aliphatic hydroxyl groups excluding tert-OH is 4. The fraction of sp³-hybridized carbons (Fsp3) is 0.645. The number of aliphatic hydroxyl groups is 4. The van der Waals surface area contributed by atoms with Gasteiger partial charge in [-0.2, -0.15) is 0 Å². The van der Waals surface area contributed by atoms with Crippen molar-refractivity contribution in [3.05, 3.63) is 48.1 Å². The van der Waals surface area contributed by atoms with Gasteiger partial charge in [-0.3, -0.25) is 4.79 Å². The smallest absolute Gasteiger partial charge is 0.303 e. The molecule has 40 heavy (non-hydrogen) atoms. The first kappa shape index (κ1) is 35.6. The molecule has 7 atom stereocenters. The Kier molecular flexibility index (Phi) is 17.5. The van der Waals surface area contributed by atoms with Crippen LogP contribution in [0.2, 0.25) is 0 Å². The number of methoxy groups -OCH3 is 2. The Bertz CT molecular complexity index is 903. The summed E-state index contributed by atoms with van der Waals surface area (Å²) in [5.41, 5.74) is 6.28. The number of benzene rings is 1. The molecule has 1 aliphatic carbocycles. The number of carboxylic acids is 1. The van der Waals surface area contributed by atoms with Gasteiger partial charge in [-0.1, -0.05) is 50.5 Å². The highest BCUT2D eigenvalue weighted by atomic mass is 16.5. The van der Waals surface area contributed by atoms with Crippen molar-refractivity contribution in [1.82, 2.24) is 0 Å². The molecule has 1 saturated carbocycles. The average Bonchev–Trinajstić information content (AvgIpc) is 3.20. The van der Waals surface area contributed by atoms with Crippen molar-refractivity contribution in [2.75, 3.05) is 14.2 Å². The van der Waals surface area contributed by atoms with Gasteiger partial charge in [0.1, 0.15) is 11.5 Å². The highest BCUT2D eigenvalue weighted by Crippen LogP contribution is 2.36. The maximum absolute atomic E-state index is 10.5. The van der Waals surface area contributed by atoms with Gasteiger partial charge in [-0.25, -0.2) is 0 Å². The second-order valence-corrected chi connectivity index (χ2v) is 10.5. The largest absolute Gasteiger partial charge is 0.497 e. The molecule has 1 aliphatic rings. The first-order valence-electron chi connectivity index (χ1n) is 14.3. The molecule has 0 amide bonds. The molecule has 2 unspecified atom stereocenters. The van der Waals surface area contributed by atoms with E-state index in [1.54, 1.807) is 45.4 Å². The van der Waals surface area contributed by atoms with Gasteiger partial charge < -0.3 is 40.7 Å². The minimum Gasteiger partial charge on any atom is -0.497 e. The zero-order valence-electron chi connectivity index (χ0n) is 24.5. The molecule has 0 aliphatic heterocycles. The normalized spacial score (nSPS) is 23.0. The Balaban J connectivity index is 0.000000453. The number of nitrogens with two attached hydrogens (primary N) is 1. The molecule has 0 radical (unpaired) electrons. The fourth-order valence-electron chi connectivity index (χ4n) is 4.76. The van der Waals surface area contributed by atoms with Crippen LogP contribution in [0.4, 0.5) is 0 Å². The van der Waals surface area contributed by atoms with E-state index in [0.717, 1.165) is 25.7 Å². The molecule has 1 fully saturated rings. The lowest BCUT2D eigenvalue weighted by Crippen LogP contribution is -2.24. The lowest BCUT2D eigenvalue weighted by molar-refractivity contribution is -0.137. The molecule has 1 aromatic carbocycles. The van der Waals surface area contributed by atoms with Crippen LogP contribution < -0.4 is 15.2 Å². The molecule has 2 rings (SSSR count). The summed E-state index contributed by atoms with van der Waals surface area (Å²) >= 11 is 0. The van der Waals surface area contributed by atoms with Crippen molar-refractivity contribution in [1.29, 1.82) is 0 Å². The van der Waals surface area contributed by atoms with Gasteiger partial charge in [0.25, 0.3) is 0 Å². The van der Waals surface area contributed by atoms with Crippen molar-refractivity contribution in [2.24, 2.45) is 17.6 Å². The summed E-state index contributed by atoms with van der Waals surface area (Å²) in [6.07, 6.45) is 11.5. The van der Waals surface area contributed by atoms with Crippen LogP contribution in [-0.4, -0.2) is 70.1 Å². The van der Waals surface area contributed by atoms with Gasteiger partial charge in [0.15, 0.2) is 0 Å². The van der Waals surface area contributed by atoms with Crippen molar-refractivity contribution in [3.63, 3.8) is 0 Å². The second kappa shape index (κ2) is 19.6. The van der Waals surface area contributed by atoms with Crippen LogP contribution in [0.25, 0.3) is 0 Å². The first-order valence-corrected chi connectivity index (χ1v) is 14.3. The van der Waals surface area contributed by atoms with Crippen LogP contribution in [0.1, 0.15) is 83.3 Å². The van der Waals surface area contributed by atoms with Gasteiger partial charge in [0, 0.05) is 30.4 Å². The summed E-state index contributed by atoms with van der Waals surface area (Å²) < 4.78 is 10.2. The monoisotopic (exact) mass is 565 g/mol. The van der Waals surface area contributed by atoms with Crippen LogP contribution in [0.15, 0.2) is 42.5 Å². The number of hydrogen-bond acceptors (Lipinski definition) is 8. The minimum absolute atomic E-state index is 0.0650. The molecule has 228 valence electrons. The predicted molar refractivity (Wildman–Crippen MR) is 156 cm³/mol. The van der Waals surface area contributed by atoms with Crippen molar-refractivity contribution in [2.45, 2.75) is 102 Å². The van der Waals surface area contributed by atoms with E-state index < -0.39 is 30.4 Å². The van der Waals surface area contributed by atoms with E-state index in [1.807, 2.05) is 18.2 Å². The zero-order chi connectivity index (χ0) is 30.1. The molecule has 0 aromatic heterocycles. The van der Waals surface area contributed by atoms with Gasteiger partial charge in [-0.15, -0.1) is 0 Å². The Hall–Kier alpha value is -2.43. The molecule has 0 spiro atoms. The van der Waals surface area contributed by atoms with E-state index in [1.165, 1.54) is 0 Å². The predicted octanol–water partition coefficient (Wildman–Crippen LogP) is 4.13. The van der Waals surface area contributed by atoms with E-state index in [0.29, 0.717) is 42.7 Å². The third-order valence-electron chi connectivity index (χ3n) is 7.16. The Morgan fingerprint density at radius 1 is 1.10 bits per heavy atom. The number of carbonyl (C=O) groups is 1. The lowest BCUT2D eigenvalue weighted by Gasteiger charge is -2.19. The van der Waals surface area contributed by atoms with Gasteiger partial charge >= 0.3 is 5.97 Å². The topological polar surface area (TPSA) is 163 Å². The van der Waals surface area contributed by atoms with Gasteiger partial charge in [0.2, 0.25) is 0 Å². The van der Waals surface area contributed by atoms with E-state index in [9.17, 15) is 25.2 Å². The Morgan fingerprint density at radius 3 is 2.42 bits per heavy atom. The molecule has 7 N–H and O–H groups in total. The fourth-order valence-corrected chi connectivity index (χ4v) is 4.76. The molecule has 0 heterocycles. The number of allylic oxidation sites excluding steroid dienone is 2. The molecular formula is C31H51NO8. The summed E-state index contributed by atoms with van der Waals surface area (Å²) in [5.74, 6) is 0.279. The molecule has 1 aromatic rings. The summed E-state index contributed by atoms with van der Waals surface area (Å²) in [5, 5.41) is 48.8. The Labute approximate surface area is 239 Å². The molecule has 0 saturated heterocycles. The second-order valence-electron chi connectivity index (χ2n) is 10.5. The lowest BCUT2D eigenvalue weighted by atomic mass is 9.89. The van der Waals surface area contributed by atoms with Crippen LogP contribution in [0, 0.1) is 11.8 Å². The third-order valence-corrected chi connectivity index (χ3v) is 7.16. The van der Waals surface area contributed by atoms with Crippen LogP contribution in [-0.2, 0) is 4.79 Å². The number of aliphatic carboxylic acids is 1. The summed E-state index contributed by atoms with van der Waals surface area (Å²) in [6.45, 7) is 3.86. The molecule has 9 nitrogen and oxygen atoms in total. The number of carboxylic acid groups (broad SMARTS) is 1. The average molecular weight is 566 g/mol. The number of ether oxygens (including phenoxy) is 2. The summed E-state index contributed by atoms with van der Waals surface area (Å²) in [4.78, 5) is 10.5. The first-order chi connectivity index (χ1) is 19.0. The maximum atomic E-state index is 10.5. The van der Waals surface area contributed by atoms with Crippen molar-refractivity contribution >= 4 is 5.97 Å². The minimum atomic E-state index is -0.787. The van der Waals surface area contributed by atoms with Crippen LogP contribution >= 0.6 is 0 Å². The van der Waals surface area contributed by atoms with E-state index in [-0.39, 0.29) is 24.3 Å². The maximum Gasteiger partial charge on any atom is 0.303 e.